The lowest BCUT2D eigenvalue weighted by molar-refractivity contribution is 0.102. The first kappa shape index (κ1) is 16.9. The van der Waals surface area contributed by atoms with Crippen LogP contribution < -0.4 is 10.6 Å². The van der Waals surface area contributed by atoms with Gasteiger partial charge in [0.1, 0.15) is 11.5 Å². The Morgan fingerprint density at radius 1 is 1.09 bits per heavy atom. The molecule has 0 aliphatic heterocycles. The van der Waals surface area contributed by atoms with Gasteiger partial charge in [0.15, 0.2) is 0 Å². The number of nitrogens with zero attached hydrogens (tertiary/aromatic N) is 2. The predicted octanol–water partition coefficient (Wildman–Crippen LogP) is 3.87. The van der Waals surface area contributed by atoms with Gasteiger partial charge >= 0.3 is 0 Å². The molecule has 0 atom stereocenters. The third kappa shape index (κ3) is 4.52. The van der Waals surface area contributed by atoms with E-state index in [-0.39, 0.29) is 5.91 Å². The van der Waals surface area contributed by atoms with E-state index in [1.54, 1.807) is 6.20 Å². The van der Waals surface area contributed by atoms with E-state index in [0.29, 0.717) is 11.5 Å². The fourth-order valence-electron chi connectivity index (χ4n) is 2.48. The second kappa shape index (κ2) is 7.72. The summed E-state index contributed by atoms with van der Waals surface area (Å²) >= 11 is 0. The molecule has 0 aliphatic rings. The first-order valence-corrected chi connectivity index (χ1v) is 7.96. The number of carbonyl (C=O) groups excluding carboxylic acids is 1. The quantitative estimate of drug-likeness (QED) is 0.795. The zero-order chi connectivity index (χ0) is 16.8. The number of unbranched alkanes of at least 4 members (excludes halogenated alkanes) is 1. The number of aromatic nitrogens is 2. The maximum Gasteiger partial charge on any atom is 0.275 e. The smallest absolute Gasteiger partial charge is 0.275 e. The summed E-state index contributed by atoms with van der Waals surface area (Å²) in [5.74, 6) is 0.449. The van der Waals surface area contributed by atoms with Crippen LogP contribution in [0.3, 0.4) is 0 Å². The zero-order valence-electron chi connectivity index (χ0n) is 14.2. The fourth-order valence-corrected chi connectivity index (χ4v) is 2.48. The van der Waals surface area contributed by atoms with Gasteiger partial charge in [-0.05, 0) is 38.3 Å². The predicted molar refractivity (Wildman–Crippen MR) is 94.0 cm³/mol. The Morgan fingerprint density at radius 3 is 2.35 bits per heavy atom. The summed E-state index contributed by atoms with van der Waals surface area (Å²) in [6.45, 7) is 9.01. The molecule has 0 radical (unpaired) electrons. The molecule has 2 aromatic rings. The minimum absolute atomic E-state index is 0.243. The van der Waals surface area contributed by atoms with Crippen molar-refractivity contribution in [2.24, 2.45) is 0 Å². The van der Waals surface area contributed by atoms with Crippen LogP contribution in [-0.4, -0.2) is 22.4 Å². The van der Waals surface area contributed by atoms with E-state index in [4.69, 9.17) is 0 Å². The van der Waals surface area contributed by atoms with Gasteiger partial charge in [0, 0.05) is 12.2 Å². The van der Waals surface area contributed by atoms with Crippen molar-refractivity contribution in [3.63, 3.8) is 0 Å². The molecule has 0 unspecified atom stereocenters. The molecule has 122 valence electrons. The number of hydrogen-bond donors (Lipinski definition) is 2. The first-order chi connectivity index (χ1) is 11.0. The molecule has 0 fully saturated rings. The van der Waals surface area contributed by atoms with E-state index in [2.05, 4.69) is 39.7 Å². The largest absolute Gasteiger partial charge is 0.369 e. The van der Waals surface area contributed by atoms with E-state index in [1.807, 2.05) is 20.8 Å². The summed E-state index contributed by atoms with van der Waals surface area (Å²) in [6, 6.07) is 4.10. The molecule has 0 saturated heterocycles. The molecule has 5 heteroatoms. The van der Waals surface area contributed by atoms with Crippen molar-refractivity contribution in [3.05, 3.63) is 46.9 Å². The second-order valence-corrected chi connectivity index (χ2v) is 5.80. The highest BCUT2D eigenvalue weighted by Crippen LogP contribution is 2.22. The summed E-state index contributed by atoms with van der Waals surface area (Å²) < 4.78 is 0. The Morgan fingerprint density at radius 2 is 1.78 bits per heavy atom. The van der Waals surface area contributed by atoms with E-state index in [1.165, 1.54) is 11.8 Å². The lowest BCUT2D eigenvalue weighted by Gasteiger charge is -2.12. The fraction of sp³-hybridized carbons (Fsp3) is 0.389. The molecule has 0 bridgehead atoms. The average molecular weight is 312 g/mol. The van der Waals surface area contributed by atoms with Crippen LogP contribution in [0.5, 0.6) is 0 Å². The molecule has 2 rings (SSSR count). The number of amides is 1. The molecule has 0 spiro atoms. The summed E-state index contributed by atoms with van der Waals surface area (Å²) in [4.78, 5) is 20.8. The van der Waals surface area contributed by atoms with Crippen LogP contribution in [0.25, 0.3) is 0 Å². The van der Waals surface area contributed by atoms with E-state index < -0.39 is 0 Å². The number of aryl methyl sites for hydroxylation is 3. The van der Waals surface area contributed by atoms with Gasteiger partial charge in [-0.1, -0.05) is 31.0 Å². The van der Waals surface area contributed by atoms with Gasteiger partial charge in [-0.15, -0.1) is 0 Å². The molecular weight excluding hydrogens is 288 g/mol. The topological polar surface area (TPSA) is 66.9 Å². The highest BCUT2D eigenvalue weighted by atomic mass is 16.1. The van der Waals surface area contributed by atoms with Crippen molar-refractivity contribution in [3.8, 4) is 0 Å². The first-order valence-electron chi connectivity index (χ1n) is 7.96. The van der Waals surface area contributed by atoms with E-state index >= 15 is 0 Å². The Balaban J connectivity index is 2.06. The number of carbonyl (C=O) groups is 1. The SMILES string of the molecule is CCCCNc1cnc(C(=O)Nc2c(C)cc(C)cc2C)cn1. The number of benzene rings is 1. The van der Waals surface area contributed by atoms with Crippen LogP contribution >= 0.6 is 0 Å². The maximum absolute atomic E-state index is 12.3. The van der Waals surface area contributed by atoms with Gasteiger partial charge in [-0.25, -0.2) is 9.97 Å². The Labute approximate surface area is 137 Å². The molecule has 1 amide bonds. The number of anilines is 2. The van der Waals surface area contributed by atoms with Crippen LogP contribution in [0.4, 0.5) is 11.5 Å². The van der Waals surface area contributed by atoms with Gasteiger partial charge in [0.25, 0.3) is 5.91 Å². The maximum atomic E-state index is 12.3. The van der Waals surface area contributed by atoms with Crippen LogP contribution in [0.1, 0.15) is 46.9 Å². The summed E-state index contributed by atoms with van der Waals surface area (Å²) in [5.41, 5.74) is 4.42. The lowest BCUT2D eigenvalue weighted by atomic mass is 10.1. The minimum Gasteiger partial charge on any atom is -0.369 e. The monoisotopic (exact) mass is 312 g/mol. The minimum atomic E-state index is -0.243. The van der Waals surface area contributed by atoms with Gasteiger partial charge in [0.05, 0.1) is 12.4 Å². The Bertz CT molecular complexity index is 657. The summed E-state index contributed by atoms with van der Waals surface area (Å²) in [7, 11) is 0. The van der Waals surface area contributed by atoms with Crippen molar-refractivity contribution >= 4 is 17.4 Å². The highest BCUT2D eigenvalue weighted by Gasteiger charge is 2.12. The van der Waals surface area contributed by atoms with Gasteiger partial charge in [-0.2, -0.15) is 0 Å². The molecule has 1 heterocycles. The second-order valence-electron chi connectivity index (χ2n) is 5.80. The van der Waals surface area contributed by atoms with Crippen molar-refractivity contribution in [1.29, 1.82) is 0 Å². The van der Waals surface area contributed by atoms with Crippen LogP contribution in [0.2, 0.25) is 0 Å². The van der Waals surface area contributed by atoms with Crippen molar-refractivity contribution in [2.45, 2.75) is 40.5 Å². The normalized spacial score (nSPS) is 10.4. The summed E-state index contributed by atoms with van der Waals surface area (Å²) in [6.07, 6.45) is 5.30. The van der Waals surface area contributed by atoms with Gasteiger partial charge in [0.2, 0.25) is 0 Å². The number of rotatable bonds is 6. The molecular formula is C18H24N4O. The molecule has 2 N–H and O–H groups in total. The van der Waals surface area contributed by atoms with Crippen LogP contribution in [0.15, 0.2) is 24.5 Å². The molecule has 5 nitrogen and oxygen atoms in total. The molecule has 23 heavy (non-hydrogen) atoms. The lowest BCUT2D eigenvalue weighted by Crippen LogP contribution is -2.16. The van der Waals surface area contributed by atoms with Crippen molar-refractivity contribution < 1.29 is 4.79 Å². The Kier molecular flexibility index (Phi) is 5.68. The molecule has 0 aliphatic carbocycles. The third-order valence-corrected chi connectivity index (χ3v) is 3.64. The molecule has 0 saturated carbocycles. The number of nitrogens with one attached hydrogen (secondary N) is 2. The average Bonchev–Trinajstić information content (AvgIpc) is 2.51. The van der Waals surface area contributed by atoms with Crippen molar-refractivity contribution in [1.82, 2.24) is 9.97 Å². The van der Waals surface area contributed by atoms with Gasteiger partial charge in [-0.3, -0.25) is 4.79 Å². The number of hydrogen-bond acceptors (Lipinski definition) is 4. The molecule has 1 aromatic heterocycles. The standard InChI is InChI=1S/C18H24N4O/c1-5-6-7-19-16-11-20-15(10-21-16)18(23)22-17-13(3)8-12(2)9-14(17)4/h8-11H,5-7H2,1-4H3,(H,19,21)(H,22,23). The zero-order valence-corrected chi connectivity index (χ0v) is 14.2. The van der Waals surface area contributed by atoms with Crippen LogP contribution in [0, 0.1) is 20.8 Å². The van der Waals surface area contributed by atoms with Crippen LogP contribution in [-0.2, 0) is 0 Å². The van der Waals surface area contributed by atoms with Gasteiger partial charge < -0.3 is 10.6 Å². The molecule has 1 aromatic carbocycles. The highest BCUT2D eigenvalue weighted by molar-refractivity contribution is 6.03. The van der Waals surface area contributed by atoms with Crippen molar-refractivity contribution in [2.75, 3.05) is 17.2 Å². The van der Waals surface area contributed by atoms with E-state index in [9.17, 15) is 4.79 Å². The third-order valence-electron chi connectivity index (χ3n) is 3.64. The summed E-state index contributed by atoms with van der Waals surface area (Å²) in [5, 5.41) is 6.11. The Hall–Kier alpha value is -2.43. The van der Waals surface area contributed by atoms with E-state index in [0.717, 1.165) is 36.2 Å².